The molecule has 4 nitrogen and oxygen atoms in total. The minimum absolute atomic E-state index is 0.643. The van der Waals surface area contributed by atoms with Crippen LogP contribution in [0.1, 0.15) is 0 Å². The van der Waals surface area contributed by atoms with Gasteiger partial charge >= 0.3 is 0 Å². The predicted molar refractivity (Wildman–Crippen MR) is 223 cm³/mol. The highest BCUT2D eigenvalue weighted by molar-refractivity contribution is 6.11. The normalized spacial score (nSPS) is 11.7. The highest BCUT2D eigenvalue weighted by Gasteiger charge is 2.18. The Morgan fingerprint density at radius 1 is 0.333 bits per heavy atom. The molecule has 0 N–H and O–H groups in total. The summed E-state index contributed by atoms with van der Waals surface area (Å²) in [5.41, 5.74) is 13.8. The number of hydrogen-bond acceptors (Lipinski definition) is 3. The summed E-state index contributed by atoms with van der Waals surface area (Å²) in [5.74, 6) is 0.643. The van der Waals surface area contributed by atoms with E-state index in [2.05, 4.69) is 168 Å². The number of para-hydroxylation sites is 3. The van der Waals surface area contributed by atoms with Gasteiger partial charge in [-0.15, -0.1) is 0 Å². The van der Waals surface area contributed by atoms with E-state index in [0.29, 0.717) is 5.95 Å². The zero-order chi connectivity index (χ0) is 35.6. The Kier molecular flexibility index (Phi) is 6.82. The third-order valence-electron chi connectivity index (χ3n) is 10.7. The summed E-state index contributed by atoms with van der Waals surface area (Å²) < 4.78 is 8.36. The molecule has 0 fully saturated rings. The second-order valence-corrected chi connectivity index (χ2v) is 13.8. The van der Waals surface area contributed by atoms with E-state index in [4.69, 9.17) is 14.4 Å². The summed E-state index contributed by atoms with van der Waals surface area (Å²) in [6.07, 6.45) is 0. The van der Waals surface area contributed by atoms with Crippen molar-refractivity contribution in [1.29, 1.82) is 0 Å². The summed E-state index contributed by atoms with van der Waals surface area (Å²) in [5, 5.41) is 5.57. The van der Waals surface area contributed by atoms with Gasteiger partial charge in [0, 0.05) is 32.5 Å². The first-order chi connectivity index (χ1) is 26.7. The van der Waals surface area contributed by atoms with Gasteiger partial charge in [0.2, 0.25) is 5.95 Å². The zero-order valence-corrected chi connectivity index (χ0v) is 29.1. The zero-order valence-electron chi connectivity index (χ0n) is 29.1. The van der Waals surface area contributed by atoms with Crippen molar-refractivity contribution in [1.82, 2.24) is 14.5 Å². The van der Waals surface area contributed by atoms with Gasteiger partial charge in [0.25, 0.3) is 0 Å². The lowest BCUT2D eigenvalue weighted by Gasteiger charge is -2.13. The van der Waals surface area contributed by atoms with E-state index in [1.165, 1.54) is 16.7 Å². The maximum absolute atomic E-state index is 6.14. The van der Waals surface area contributed by atoms with Gasteiger partial charge in [0.1, 0.15) is 11.2 Å². The van der Waals surface area contributed by atoms with Gasteiger partial charge in [-0.3, -0.25) is 4.57 Å². The van der Waals surface area contributed by atoms with Crippen molar-refractivity contribution in [3.8, 4) is 50.6 Å². The Bertz CT molecular complexity index is 3190. The molecule has 0 saturated heterocycles. The highest BCUT2D eigenvalue weighted by Crippen LogP contribution is 2.38. The fourth-order valence-corrected chi connectivity index (χ4v) is 7.96. The van der Waals surface area contributed by atoms with Crippen LogP contribution >= 0.6 is 0 Å². The van der Waals surface area contributed by atoms with Crippen LogP contribution in [0.4, 0.5) is 0 Å². The SMILES string of the molecule is c1ccc(-c2ccc(-c3ccc(-c4nc(-n5c6ccccc6c6ccc(-c7ccc8oc9ccccc9c8c7)cc65)nc5ccccc45)cc3)cc2)cc1. The molecular weight excluding hydrogens is 659 g/mol. The third kappa shape index (κ3) is 4.92. The Labute approximate surface area is 311 Å². The molecule has 252 valence electrons. The maximum Gasteiger partial charge on any atom is 0.235 e. The number of benzene rings is 8. The van der Waals surface area contributed by atoms with E-state index < -0.39 is 0 Å². The van der Waals surface area contributed by atoms with Crippen molar-refractivity contribution in [2.24, 2.45) is 0 Å². The number of rotatable bonds is 5. The molecule has 3 heterocycles. The van der Waals surface area contributed by atoms with Gasteiger partial charge in [-0.2, -0.15) is 0 Å². The van der Waals surface area contributed by atoms with Crippen molar-refractivity contribution in [2.75, 3.05) is 0 Å². The fourth-order valence-electron chi connectivity index (χ4n) is 7.96. The first-order valence-corrected chi connectivity index (χ1v) is 18.2. The lowest BCUT2D eigenvalue weighted by molar-refractivity contribution is 0.669. The monoisotopic (exact) mass is 689 g/mol. The quantitative estimate of drug-likeness (QED) is 0.181. The van der Waals surface area contributed by atoms with Crippen LogP contribution in [0.5, 0.6) is 0 Å². The third-order valence-corrected chi connectivity index (χ3v) is 10.7. The summed E-state index contributed by atoms with van der Waals surface area (Å²) in [6.45, 7) is 0. The second kappa shape index (κ2) is 12.1. The average molecular weight is 690 g/mol. The van der Waals surface area contributed by atoms with E-state index in [9.17, 15) is 0 Å². The molecule has 4 heteroatoms. The minimum Gasteiger partial charge on any atom is -0.456 e. The lowest BCUT2D eigenvalue weighted by Crippen LogP contribution is -2.03. The number of furan rings is 1. The number of fused-ring (bicyclic) bond motifs is 7. The van der Waals surface area contributed by atoms with Gasteiger partial charge in [0.05, 0.1) is 22.2 Å². The van der Waals surface area contributed by atoms with Gasteiger partial charge in [-0.05, 0) is 69.8 Å². The molecule has 0 aliphatic carbocycles. The Balaban J connectivity index is 1.04. The number of nitrogens with zero attached hydrogens (tertiary/aromatic N) is 3. The van der Waals surface area contributed by atoms with Gasteiger partial charge < -0.3 is 4.42 Å². The van der Waals surface area contributed by atoms with Crippen molar-refractivity contribution >= 4 is 54.6 Å². The Hall–Kier alpha value is -7.30. The van der Waals surface area contributed by atoms with Crippen molar-refractivity contribution in [3.63, 3.8) is 0 Å². The molecular formula is C50H31N3O. The highest BCUT2D eigenvalue weighted by atomic mass is 16.3. The van der Waals surface area contributed by atoms with E-state index in [1.54, 1.807) is 0 Å². The molecule has 0 saturated carbocycles. The number of aromatic nitrogens is 3. The molecule has 11 rings (SSSR count). The standard InChI is InChI=1S/C50H31N3O/c1-2-10-32(11-3-1)33-18-20-34(21-19-33)35-22-24-36(25-23-35)49-42-14-4-7-15-44(42)51-50(52-49)53-45-16-8-5-12-39(45)40-28-26-38(31-46(40)53)37-27-29-48-43(30-37)41-13-6-9-17-47(41)54-48/h1-31H. The van der Waals surface area contributed by atoms with Crippen LogP contribution in [0.15, 0.2) is 192 Å². The molecule has 0 unspecified atom stereocenters. The fraction of sp³-hybridized carbons (Fsp3) is 0. The molecule has 3 aromatic heterocycles. The molecule has 11 aromatic rings. The molecule has 0 amide bonds. The molecule has 0 aliphatic heterocycles. The van der Waals surface area contributed by atoms with Crippen LogP contribution in [-0.4, -0.2) is 14.5 Å². The topological polar surface area (TPSA) is 43.9 Å². The van der Waals surface area contributed by atoms with Crippen LogP contribution in [-0.2, 0) is 0 Å². The van der Waals surface area contributed by atoms with Crippen LogP contribution in [0.3, 0.4) is 0 Å². The van der Waals surface area contributed by atoms with Crippen molar-refractivity contribution in [2.45, 2.75) is 0 Å². The van der Waals surface area contributed by atoms with Crippen LogP contribution in [0.25, 0.3) is 105 Å². The van der Waals surface area contributed by atoms with Gasteiger partial charge in [0.15, 0.2) is 0 Å². The summed E-state index contributed by atoms with van der Waals surface area (Å²) in [6, 6.07) is 66.2. The summed E-state index contributed by atoms with van der Waals surface area (Å²) in [7, 11) is 0. The van der Waals surface area contributed by atoms with Crippen molar-refractivity contribution in [3.05, 3.63) is 188 Å². The minimum atomic E-state index is 0.643. The van der Waals surface area contributed by atoms with E-state index in [1.807, 2.05) is 24.3 Å². The summed E-state index contributed by atoms with van der Waals surface area (Å²) >= 11 is 0. The van der Waals surface area contributed by atoms with Crippen LogP contribution < -0.4 is 0 Å². The molecule has 0 spiro atoms. The van der Waals surface area contributed by atoms with E-state index in [0.717, 1.165) is 82.6 Å². The molecule has 8 aromatic carbocycles. The van der Waals surface area contributed by atoms with Crippen molar-refractivity contribution < 1.29 is 4.42 Å². The van der Waals surface area contributed by atoms with Crippen LogP contribution in [0, 0.1) is 0 Å². The van der Waals surface area contributed by atoms with E-state index in [-0.39, 0.29) is 0 Å². The largest absolute Gasteiger partial charge is 0.456 e. The molecule has 0 radical (unpaired) electrons. The number of hydrogen-bond donors (Lipinski definition) is 0. The molecule has 54 heavy (non-hydrogen) atoms. The lowest BCUT2D eigenvalue weighted by atomic mass is 9.98. The maximum atomic E-state index is 6.14. The Morgan fingerprint density at radius 2 is 0.870 bits per heavy atom. The first-order valence-electron chi connectivity index (χ1n) is 18.2. The van der Waals surface area contributed by atoms with Crippen LogP contribution in [0.2, 0.25) is 0 Å². The molecule has 0 bridgehead atoms. The first kappa shape index (κ1) is 30.3. The van der Waals surface area contributed by atoms with Gasteiger partial charge in [-0.1, -0.05) is 152 Å². The smallest absolute Gasteiger partial charge is 0.235 e. The van der Waals surface area contributed by atoms with Gasteiger partial charge in [-0.25, -0.2) is 9.97 Å². The average Bonchev–Trinajstić information content (AvgIpc) is 3.79. The molecule has 0 aliphatic rings. The summed E-state index contributed by atoms with van der Waals surface area (Å²) in [4.78, 5) is 10.6. The molecule has 0 atom stereocenters. The Morgan fingerprint density at radius 3 is 1.65 bits per heavy atom. The second-order valence-electron chi connectivity index (χ2n) is 13.8. The van der Waals surface area contributed by atoms with E-state index >= 15 is 0 Å². The predicted octanol–water partition coefficient (Wildman–Crippen LogP) is 13.3.